The van der Waals surface area contributed by atoms with Crippen LogP contribution in [-0.4, -0.2) is 55.5 Å². The van der Waals surface area contributed by atoms with Gasteiger partial charge >= 0.3 is 0 Å². The van der Waals surface area contributed by atoms with Crippen LogP contribution < -0.4 is 10.2 Å². The van der Waals surface area contributed by atoms with Crippen LogP contribution in [0.25, 0.3) is 0 Å². The van der Waals surface area contributed by atoms with Crippen LogP contribution in [0, 0.1) is 0 Å². The first-order chi connectivity index (χ1) is 11.5. The molecule has 0 unspecified atom stereocenters. The van der Waals surface area contributed by atoms with Crippen molar-refractivity contribution in [3.8, 4) is 0 Å². The standard InChI is InChI=1S/C19H29N3O2/c1-4-17(18-8-6-5-7-9-18)14-20-19(24)15(2)21-10-12-22(13-11-21)16(3)23/h5-9,15,17H,4,10-14H2,1-3H3,(H,20,24)/p+1/t15-,17+/m1/s1. The smallest absolute Gasteiger partial charge is 0.278 e. The van der Waals surface area contributed by atoms with E-state index < -0.39 is 0 Å². The van der Waals surface area contributed by atoms with E-state index in [-0.39, 0.29) is 17.9 Å². The third kappa shape index (κ3) is 4.81. The Bertz CT molecular complexity index is 539. The summed E-state index contributed by atoms with van der Waals surface area (Å²) < 4.78 is 0. The highest BCUT2D eigenvalue weighted by molar-refractivity contribution is 5.80. The second-order valence-corrected chi connectivity index (χ2v) is 6.65. The Morgan fingerprint density at radius 2 is 1.83 bits per heavy atom. The van der Waals surface area contributed by atoms with E-state index in [1.807, 2.05) is 30.0 Å². The molecule has 1 heterocycles. The molecule has 0 aliphatic carbocycles. The van der Waals surface area contributed by atoms with Crippen molar-refractivity contribution in [1.82, 2.24) is 10.2 Å². The number of piperazine rings is 1. The molecule has 2 atom stereocenters. The van der Waals surface area contributed by atoms with Crippen LogP contribution in [0.15, 0.2) is 30.3 Å². The number of rotatable bonds is 6. The summed E-state index contributed by atoms with van der Waals surface area (Å²) in [5, 5.41) is 3.12. The average molecular weight is 332 g/mol. The molecule has 0 bridgehead atoms. The van der Waals surface area contributed by atoms with Crippen molar-refractivity contribution < 1.29 is 14.5 Å². The lowest BCUT2D eigenvalue weighted by Crippen LogP contribution is -3.19. The van der Waals surface area contributed by atoms with Crippen molar-refractivity contribution in [1.29, 1.82) is 0 Å². The Morgan fingerprint density at radius 1 is 1.21 bits per heavy atom. The van der Waals surface area contributed by atoms with Crippen LogP contribution >= 0.6 is 0 Å². The summed E-state index contributed by atoms with van der Waals surface area (Å²) >= 11 is 0. The molecule has 0 spiro atoms. The minimum Gasteiger partial charge on any atom is -0.350 e. The Labute approximate surface area is 145 Å². The van der Waals surface area contributed by atoms with E-state index in [9.17, 15) is 9.59 Å². The Kier molecular flexibility index (Phi) is 6.79. The van der Waals surface area contributed by atoms with Gasteiger partial charge in [-0.2, -0.15) is 0 Å². The molecule has 2 N–H and O–H groups in total. The van der Waals surface area contributed by atoms with Crippen molar-refractivity contribution in [2.75, 3.05) is 32.7 Å². The first kappa shape index (κ1) is 18.5. The normalized spacial score (nSPS) is 18.0. The molecule has 2 amide bonds. The minimum atomic E-state index is -0.0765. The molecule has 0 aromatic heterocycles. The fraction of sp³-hybridized carbons (Fsp3) is 0.579. The Hall–Kier alpha value is -1.88. The lowest BCUT2D eigenvalue weighted by Gasteiger charge is -2.34. The number of hydrogen-bond acceptors (Lipinski definition) is 2. The maximum Gasteiger partial charge on any atom is 0.278 e. The first-order valence-electron chi connectivity index (χ1n) is 8.95. The average Bonchev–Trinajstić information content (AvgIpc) is 2.62. The fourth-order valence-electron chi connectivity index (χ4n) is 3.33. The van der Waals surface area contributed by atoms with Crippen molar-refractivity contribution in [3.63, 3.8) is 0 Å². The van der Waals surface area contributed by atoms with E-state index in [4.69, 9.17) is 0 Å². The number of benzene rings is 1. The maximum atomic E-state index is 12.5. The fourth-order valence-corrected chi connectivity index (χ4v) is 3.33. The van der Waals surface area contributed by atoms with Crippen LogP contribution in [0.4, 0.5) is 0 Å². The summed E-state index contributed by atoms with van der Waals surface area (Å²) in [7, 11) is 0. The van der Waals surface area contributed by atoms with E-state index in [0.717, 1.165) is 32.6 Å². The van der Waals surface area contributed by atoms with Gasteiger partial charge in [0.05, 0.1) is 26.2 Å². The van der Waals surface area contributed by atoms with Gasteiger partial charge in [0.25, 0.3) is 5.91 Å². The van der Waals surface area contributed by atoms with Gasteiger partial charge in [-0.1, -0.05) is 37.3 Å². The molecule has 0 saturated carbocycles. The quantitative estimate of drug-likeness (QED) is 0.794. The van der Waals surface area contributed by atoms with Crippen molar-refractivity contribution in [3.05, 3.63) is 35.9 Å². The molecule has 0 radical (unpaired) electrons. The third-order valence-electron chi connectivity index (χ3n) is 5.14. The summed E-state index contributed by atoms with van der Waals surface area (Å²) in [6.07, 6.45) is 1.00. The van der Waals surface area contributed by atoms with Gasteiger partial charge in [-0.25, -0.2) is 0 Å². The monoisotopic (exact) mass is 332 g/mol. The van der Waals surface area contributed by atoms with Gasteiger partial charge in [0.2, 0.25) is 5.91 Å². The largest absolute Gasteiger partial charge is 0.350 e. The molecule has 1 aliphatic heterocycles. The molecular formula is C19H30N3O2+. The number of quaternary nitrogens is 1. The zero-order chi connectivity index (χ0) is 17.5. The summed E-state index contributed by atoms with van der Waals surface area (Å²) in [5.41, 5.74) is 1.27. The Morgan fingerprint density at radius 3 is 2.38 bits per heavy atom. The van der Waals surface area contributed by atoms with Gasteiger partial charge in [0.1, 0.15) is 0 Å². The summed E-state index contributed by atoms with van der Waals surface area (Å²) in [6, 6.07) is 10.3. The molecular weight excluding hydrogens is 302 g/mol. The van der Waals surface area contributed by atoms with Crippen molar-refractivity contribution in [2.45, 2.75) is 39.2 Å². The van der Waals surface area contributed by atoms with Gasteiger partial charge in [-0.3, -0.25) is 9.59 Å². The van der Waals surface area contributed by atoms with Crippen LogP contribution in [0.3, 0.4) is 0 Å². The molecule has 5 heteroatoms. The number of nitrogens with zero attached hydrogens (tertiary/aromatic N) is 1. The lowest BCUT2D eigenvalue weighted by molar-refractivity contribution is -0.918. The number of nitrogens with one attached hydrogen (secondary N) is 2. The Balaban J connectivity index is 1.82. The highest BCUT2D eigenvalue weighted by Gasteiger charge is 2.29. The number of carbonyl (C=O) groups is 2. The van der Waals surface area contributed by atoms with Crippen LogP contribution in [0.5, 0.6) is 0 Å². The van der Waals surface area contributed by atoms with Crippen molar-refractivity contribution in [2.24, 2.45) is 0 Å². The van der Waals surface area contributed by atoms with E-state index in [0.29, 0.717) is 12.5 Å². The van der Waals surface area contributed by atoms with Gasteiger partial charge in [-0.15, -0.1) is 0 Å². The van der Waals surface area contributed by atoms with Crippen LogP contribution in [0.2, 0.25) is 0 Å². The van der Waals surface area contributed by atoms with Gasteiger partial charge < -0.3 is 15.1 Å². The molecule has 1 fully saturated rings. The highest BCUT2D eigenvalue weighted by Crippen LogP contribution is 2.17. The lowest BCUT2D eigenvalue weighted by atomic mass is 9.96. The molecule has 1 saturated heterocycles. The van der Waals surface area contributed by atoms with Gasteiger partial charge in [-0.05, 0) is 18.9 Å². The second-order valence-electron chi connectivity index (χ2n) is 6.65. The molecule has 1 aliphatic rings. The molecule has 1 aromatic carbocycles. The number of carbonyl (C=O) groups excluding carboxylic acids is 2. The van der Waals surface area contributed by atoms with E-state index in [1.54, 1.807) is 6.92 Å². The number of amides is 2. The van der Waals surface area contributed by atoms with Crippen LogP contribution in [0.1, 0.15) is 38.7 Å². The second kappa shape index (κ2) is 8.83. The SMILES string of the molecule is CC[C@@H](CNC(=O)[C@@H](C)[NH+]1CCN(C(C)=O)CC1)c1ccccc1. The first-order valence-corrected chi connectivity index (χ1v) is 8.95. The molecule has 5 nitrogen and oxygen atoms in total. The maximum absolute atomic E-state index is 12.5. The number of hydrogen-bond donors (Lipinski definition) is 2. The van der Waals surface area contributed by atoms with Gasteiger partial charge in [0.15, 0.2) is 6.04 Å². The topological polar surface area (TPSA) is 53.9 Å². The van der Waals surface area contributed by atoms with E-state index in [2.05, 4.69) is 24.4 Å². The van der Waals surface area contributed by atoms with Crippen LogP contribution in [-0.2, 0) is 9.59 Å². The summed E-state index contributed by atoms with van der Waals surface area (Å²) in [4.78, 5) is 27.0. The summed E-state index contributed by atoms with van der Waals surface area (Å²) in [5.74, 6) is 0.586. The molecule has 24 heavy (non-hydrogen) atoms. The molecule has 132 valence electrons. The summed E-state index contributed by atoms with van der Waals surface area (Å²) in [6.45, 7) is 9.57. The molecule has 1 aromatic rings. The minimum absolute atomic E-state index is 0.0765. The van der Waals surface area contributed by atoms with Gasteiger partial charge in [0, 0.05) is 19.4 Å². The van der Waals surface area contributed by atoms with E-state index >= 15 is 0 Å². The van der Waals surface area contributed by atoms with Crippen molar-refractivity contribution >= 4 is 11.8 Å². The zero-order valence-corrected chi connectivity index (χ0v) is 15.0. The highest BCUT2D eigenvalue weighted by atomic mass is 16.2. The predicted octanol–water partition coefficient (Wildman–Crippen LogP) is 0.432. The molecule has 2 rings (SSSR count). The predicted molar refractivity (Wildman–Crippen MR) is 94.9 cm³/mol. The van der Waals surface area contributed by atoms with E-state index in [1.165, 1.54) is 10.5 Å². The third-order valence-corrected chi connectivity index (χ3v) is 5.14. The zero-order valence-electron chi connectivity index (χ0n) is 15.0.